The largest absolute Gasteiger partial charge is 0.233 e. The maximum atomic E-state index is 4.41. The molecule has 4 heteroatoms. The second-order valence-corrected chi connectivity index (χ2v) is 4.05. The molecule has 0 bridgehead atoms. The molecule has 0 atom stereocenters. The van der Waals surface area contributed by atoms with Crippen LogP contribution in [0.3, 0.4) is 0 Å². The molecule has 0 aliphatic rings. The van der Waals surface area contributed by atoms with Gasteiger partial charge in [0.05, 0.1) is 11.9 Å². The minimum absolute atomic E-state index is 0.846. The molecule has 0 fully saturated rings. The van der Waals surface area contributed by atoms with E-state index in [4.69, 9.17) is 0 Å². The lowest BCUT2D eigenvalue weighted by Crippen LogP contribution is -1.98. The summed E-state index contributed by atoms with van der Waals surface area (Å²) in [6, 6.07) is 3.91. The third-order valence-electron chi connectivity index (χ3n) is 1.95. The summed E-state index contributed by atoms with van der Waals surface area (Å²) in [7, 11) is 0. The average molecular weight is 252 g/mol. The van der Waals surface area contributed by atoms with Crippen LogP contribution in [0.4, 0.5) is 0 Å². The summed E-state index contributed by atoms with van der Waals surface area (Å²) in [6.45, 7) is 3.97. The van der Waals surface area contributed by atoms with Crippen LogP contribution >= 0.6 is 15.9 Å². The summed E-state index contributed by atoms with van der Waals surface area (Å²) >= 11 is 3.41. The fourth-order valence-corrected chi connectivity index (χ4v) is 1.42. The van der Waals surface area contributed by atoms with Crippen LogP contribution in [0.5, 0.6) is 0 Å². The van der Waals surface area contributed by atoms with Gasteiger partial charge in [0, 0.05) is 10.7 Å². The third kappa shape index (κ3) is 1.70. The van der Waals surface area contributed by atoms with Crippen LogP contribution in [0.1, 0.15) is 11.3 Å². The van der Waals surface area contributed by atoms with Crippen molar-refractivity contribution in [3.05, 3.63) is 40.3 Å². The van der Waals surface area contributed by atoms with Gasteiger partial charge in [-0.2, -0.15) is 5.10 Å². The Hall–Kier alpha value is -1.16. The molecule has 2 aromatic rings. The number of halogens is 1. The molecule has 0 N–H and O–H groups in total. The Bertz CT molecular complexity index is 462. The predicted molar refractivity (Wildman–Crippen MR) is 58.5 cm³/mol. The van der Waals surface area contributed by atoms with Crippen LogP contribution in [-0.2, 0) is 0 Å². The first kappa shape index (κ1) is 9.40. The van der Waals surface area contributed by atoms with Crippen molar-refractivity contribution in [1.29, 1.82) is 0 Å². The van der Waals surface area contributed by atoms with Gasteiger partial charge in [0.1, 0.15) is 0 Å². The van der Waals surface area contributed by atoms with Gasteiger partial charge in [0.2, 0.25) is 0 Å². The first-order valence-corrected chi connectivity index (χ1v) is 5.11. The number of aromatic nitrogens is 3. The fraction of sp³-hybridized carbons (Fsp3) is 0.200. The lowest BCUT2D eigenvalue weighted by Gasteiger charge is -2.02. The fourth-order valence-electron chi connectivity index (χ4n) is 1.20. The first-order valence-electron chi connectivity index (χ1n) is 4.31. The Morgan fingerprint density at radius 2 is 2.07 bits per heavy atom. The zero-order valence-corrected chi connectivity index (χ0v) is 9.62. The molecule has 2 heterocycles. The molecule has 14 heavy (non-hydrogen) atoms. The number of hydrogen-bond donors (Lipinski definition) is 0. The van der Waals surface area contributed by atoms with E-state index in [0.29, 0.717) is 0 Å². The van der Waals surface area contributed by atoms with Gasteiger partial charge in [-0.1, -0.05) is 0 Å². The third-order valence-corrected chi connectivity index (χ3v) is 2.79. The smallest absolute Gasteiger partial charge is 0.153 e. The number of aryl methyl sites for hydroxylation is 2. The van der Waals surface area contributed by atoms with Gasteiger partial charge in [-0.25, -0.2) is 9.67 Å². The molecule has 0 amide bonds. The number of hydrogen-bond acceptors (Lipinski definition) is 2. The van der Waals surface area contributed by atoms with Crippen LogP contribution in [0, 0.1) is 13.8 Å². The van der Waals surface area contributed by atoms with Gasteiger partial charge in [0.15, 0.2) is 5.82 Å². The van der Waals surface area contributed by atoms with Crippen LogP contribution in [0.15, 0.2) is 29.0 Å². The van der Waals surface area contributed by atoms with Crippen molar-refractivity contribution in [3.8, 4) is 5.82 Å². The van der Waals surface area contributed by atoms with E-state index in [1.54, 1.807) is 4.68 Å². The molecule has 0 radical (unpaired) electrons. The van der Waals surface area contributed by atoms with Gasteiger partial charge < -0.3 is 0 Å². The van der Waals surface area contributed by atoms with Crippen molar-refractivity contribution < 1.29 is 0 Å². The van der Waals surface area contributed by atoms with Gasteiger partial charge in [-0.05, 0) is 47.5 Å². The lowest BCUT2D eigenvalue weighted by atomic mass is 10.4. The Labute approximate surface area is 90.9 Å². The summed E-state index contributed by atoms with van der Waals surface area (Å²) < 4.78 is 2.79. The summed E-state index contributed by atoms with van der Waals surface area (Å²) in [4.78, 5) is 4.41. The summed E-state index contributed by atoms with van der Waals surface area (Å²) in [5.41, 5.74) is 2.10. The molecule has 2 aromatic heterocycles. The maximum absolute atomic E-state index is 4.41. The highest BCUT2D eigenvalue weighted by Crippen LogP contribution is 2.15. The molecule has 2 rings (SSSR count). The van der Waals surface area contributed by atoms with Crippen LogP contribution < -0.4 is 0 Å². The molecular weight excluding hydrogens is 242 g/mol. The lowest BCUT2D eigenvalue weighted by molar-refractivity contribution is 0.839. The Balaban J connectivity index is 2.47. The van der Waals surface area contributed by atoms with Crippen molar-refractivity contribution in [2.45, 2.75) is 13.8 Å². The van der Waals surface area contributed by atoms with Crippen LogP contribution in [-0.4, -0.2) is 14.8 Å². The second-order valence-electron chi connectivity index (χ2n) is 3.20. The van der Waals surface area contributed by atoms with Gasteiger partial charge >= 0.3 is 0 Å². The summed E-state index contributed by atoms with van der Waals surface area (Å²) in [6.07, 6.45) is 3.77. The van der Waals surface area contributed by atoms with E-state index in [0.717, 1.165) is 21.5 Å². The topological polar surface area (TPSA) is 30.7 Å². The normalized spacial score (nSPS) is 10.5. The van der Waals surface area contributed by atoms with Crippen molar-refractivity contribution >= 4 is 15.9 Å². The summed E-state index contributed by atoms with van der Waals surface area (Å²) in [5.74, 6) is 0.846. The first-order chi connectivity index (χ1) is 6.66. The number of rotatable bonds is 1. The van der Waals surface area contributed by atoms with Crippen molar-refractivity contribution in [1.82, 2.24) is 14.8 Å². The molecule has 0 aliphatic carbocycles. The van der Waals surface area contributed by atoms with E-state index in [1.807, 2.05) is 38.4 Å². The highest BCUT2D eigenvalue weighted by molar-refractivity contribution is 9.10. The van der Waals surface area contributed by atoms with Crippen LogP contribution in [0.25, 0.3) is 5.82 Å². The van der Waals surface area contributed by atoms with E-state index in [1.165, 1.54) is 0 Å². The van der Waals surface area contributed by atoms with Crippen molar-refractivity contribution in [2.24, 2.45) is 0 Å². The molecule has 0 aliphatic heterocycles. The monoisotopic (exact) mass is 251 g/mol. The standard InChI is InChI=1S/C10H10BrN3/c1-7-5-12-14(6-7)10-4-3-9(11)8(2)13-10/h3-6H,1-2H3. The van der Waals surface area contributed by atoms with E-state index in [2.05, 4.69) is 26.0 Å². The van der Waals surface area contributed by atoms with Gasteiger partial charge in [-0.3, -0.25) is 0 Å². The molecule has 0 saturated heterocycles. The van der Waals surface area contributed by atoms with Crippen LogP contribution in [0.2, 0.25) is 0 Å². The van der Waals surface area contributed by atoms with E-state index in [9.17, 15) is 0 Å². The average Bonchev–Trinajstić information content (AvgIpc) is 2.57. The molecule has 0 aromatic carbocycles. The Morgan fingerprint density at radius 3 is 2.64 bits per heavy atom. The van der Waals surface area contributed by atoms with E-state index >= 15 is 0 Å². The minimum Gasteiger partial charge on any atom is -0.233 e. The SMILES string of the molecule is Cc1cnn(-c2ccc(Br)c(C)n2)c1. The molecule has 0 saturated carbocycles. The van der Waals surface area contributed by atoms with E-state index in [-0.39, 0.29) is 0 Å². The zero-order chi connectivity index (χ0) is 10.1. The van der Waals surface area contributed by atoms with Crippen molar-refractivity contribution in [2.75, 3.05) is 0 Å². The molecule has 0 unspecified atom stereocenters. The molecule has 72 valence electrons. The van der Waals surface area contributed by atoms with Crippen molar-refractivity contribution in [3.63, 3.8) is 0 Å². The highest BCUT2D eigenvalue weighted by atomic mass is 79.9. The maximum Gasteiger partial charge on any atom is 0.153 e. The van der Waals surface area contributed by atoms with Gasteiger partial charge in [-0.15, -0.1) is 0 Å². The number of pyridine rings is 1. The van der Waals surface area contributed by atoms with E-state index < -0.39 is 0 Å². The Kier molecular flexibility index (Phi) is 2.37. The predicted octanol–water partition coefficient (Wildman–Crippen LogP) is 2.65. The zero-order valence-electron chi connectivity index (χ0n) is 8.03. The molecular formula is C10H10BrN3. The summed E-state index contributed by atoms with van der Waals surface area (Å²) in [5, 5.41) is 4.20. The quantitative estimate of drug-likeness (QED) is 0.781. The highest BCUT2D eigenvalue weighted by Gasteiger charge is 2.01. The number of nitrogens with zero attached hydrogens (tertiary/aromatic N) is 3. The second kappa shape index (κ2) is 3.53. The minimum atomic E-state index is 0.846. The van der Waals surface area contributed by atoms with Gasteiger partial charge in [0.25, 0.3) is 0 Å². The molecule has 3 nitrogen and oxygen atoms in total. The molecule has 0 spiro atoms. The Morgan fingerprint density at radius 1 is 1.29 bits per heavy atom.